The predicted octanol–water partition coefficient (Wildman–Crippen LogP) is 2.08. The molecule has 0 spiro atoms. The summed E-state index contributed by atoms with van der Waals surface area (Å²) in [5.74, 6) is 0.475. The molecule has 0 saturated heterocycles. The van der Waals surface area contributed by atoms with Gasteiger partial charge in [0.1, 0.15) is 5.75 Å². The number of primary amides is 1. The minimum Gasteiger partial charge on any atom is -0.496 e. The maximum absolute atomic E-state index is 11.0. The highest BCUT2D eigenvalue weighted by molar-refractivity contribution is 5.92. The zero-order chi connectivity index (χ0) is 14.4. The summed E-state index contributed by atoms with van der Waals surface area (Å²) in [5.41, 5.74) is 7.95. The van der Waals surface area contributed by atoms with Crippen molar-refractivity contribution in [2.75, 3.05) is 7.11 Å². The fourth-order valence-electron chi connectivity index (χ4n) is 1.98. The lowest BCUT2D eigenvalue weighted by atomic mass is 10.1. The van der Waals surface area contributed by atoms with Gasteiger partial charge in [0.05, 0.1) is 7.11 Å². The summed E-state index contributed by atoms with van der Waals surface area (Å²) in [4.78, 5) is 11.0. The first-order valence-electron chi connectivity index (χ1n) is 6.42. The summed E-state index contributed by atoms with van der Waals surface area (Å²) in [6.07, 6.45) is 0. The summed E-state index contributed by atoms with van der Waals surface area (Å²) >= 11 is 0. The van der Waals surface area contributed by atoms with E-state index in [-0.39, 0.29) is 0 Å². The zero-order valence-electron chi connectivity index (χ0n) is 11.4. The van der Waals surface area contributed by atoms with E-state index in [2.05, 4.69) is 5.32 Å². The molecule has 3 N–H and O–H groups in total. The Kier molecular flexibility index (Phi) is 4.74. The molecule has 2 aromatic rings. The molecule has 0 aliphatic rings. The number of nitrogens with two attached hydrogens (primary N) is 1. The van der Waals surface area contributed by atoms with E-state index in [0.29, 0.717) is 5.56 Å². The number of hydrogen-bond acceptors (Lipinski definition) is 3. The third kappa shape index (κ3) is 3.59. The van der Waals surface area contributed by atoms with Gasteiger partial charge in [-0.15, -0.1) is 0 Å². The van der Waals surface area contributed by atoms with E-state index in [0.717, 1.165) is 30.0 Å². The van der Waals surface area contributed by atoms with Crippen LogP contribution in [-0.4, -0.2) is 13.0 Å². The Morgan fingerprint density at radius 2 is 1.80 bits per heavy atom. The van der Waals surface area contributed by atoms with Crippen LogP contribution in [0.25, 0.3) is 0 Å². The first-order valence-corrected chi connectivity index (χ1v) is 6.42. The molecule has 0 aliphatic carbocycles. The normalized spacial score (nSPS) is 10.2. The van der Waals surface area contributed by atoms with Gasteiger partial charge in [0.25, 0.3) is 0 Å². The van der Waals surface area contributed by atoms with E-state index in [1.165, 1.54) is 0 Å². The average molecular weight is 270 g/mol. The van der Waals surface area contributed by atoms with E-state index in [9.17, 15) is 4.79 Å². The lowest BCUT2D eigenvalue weighted by molar-refractivity contribution is 0.100. The highest BCUT2D eigenvalue weighted by Crippen LogP contribution is 2.16. The number of amides is 1. The Hall–Kier alpha value is -2.33. The Morgan fingerprint density at radius 3 is 2.45 bits per heavy atom. The highest BCUT2D eigenvalue weighted by Gasteiger charge is 2.02. The number of carbonyl (C=O) groups is 1. The standard InChI is InChI=1S/C16H18N2O2/c1-20-15-5-3-2-4-14(15)11-18-10-12-6-8-13(9-7-12)16(17)19/h2-9,18H,10-11H2,1H3,(H2,17,19). The number of rotatable bonds is 6. The summed E-state index contributed by atoms with van der Waals surface area (Å²) in [7, 11) is 1.67. The van der Waals surface area contributed by atoms with Crippen LogP contribution in [-0.2, 0) is 13.1 Å². The maximum atomic E-state index is 11.0. The maximum Gasteiger partial charge on any atom is 0.248 e. The van der Waals surface area contributed by atoms with E-state index in [4.69, 9.17) is 10.5 Å². The van der Waals surface area contributed by atoms with Crippen molar-refractivity contribution in [1.82, 2.24) is 5.32 Å². The van der Waals surface area contributed by atoms with Gasteiger partial charge in [0.2, 0.25) is 5.91 Å². The fraction of sp³-hybridized carbons (Fsp3) is 0.188. The van der Waals surface area contributed by atoms with Crippen molar-refractivity contribution in [3.05, 3.63) is 65.2 Å². The van der Waals surface area contributed by atoms with E-state index >= 15 is 0 Å². The molecule has 0 heterocycles. The van der Waals surface area contributed by atoms with Crippen molar-refractivity contribution in [3.63, 3.8) is 0 Å². The third-order valence-electron chi connectivity index (χ3n) is 3.08. The molecule has 2 rings (SSSR count). The molecule has 0 fully saturated rings. The van der Waals surface area contributed by atoms with Crippen LogP contribution in [0.3, 0.4) is 0 Å². The minimum atomic E-state index is -0.404. The lowest BCUT2D eigenvalue weighted by Crippen LogP contribution is -2.14. The first-order chi connectivity index (χ1) is 9.70. The number of methoxy groups -OCH3 is 1. The molecule has 2 aromatic carbocycles. The summed E-state index contributed by atoms with van der Waals surface area (Å²) in [5, 5.41) is 3.35. The van der Waals surface area contributed by atoms with Gasteiger partial charge >= 0.3 is 0 Å². The first kappa shape index (κ1) is 14.1. The number of nitrogens with one attached hydrogen (secondary N) is 1. The van der Waals surface area contributed by atoms with Gasteiger partial charge in [0, 0.05) is 24.2 Å². The van der Waals surface area contributed by atoms with Gasteiger partial charge in [-0.3, -0.25) is 4.79 Å². The minimum absolute atomic E-state index is 0.404. The monoisotopic (exact) mass is 270 g/mol. The molecule has 1 amide bonds. The number of benzene rings is 2. The smallest absolute Gasteiger partial charge is 0.248 e. The molecule has 0 saturated carbocycles. The summed E-state index contributed by atoms with van der Waals surface area (Å²) in [6, 6.07) is 15.2. The predicted molar refractivity (Wildman–Crippen MR) is 78.5 cm³/mol. The van der Waals surface area contributed by atoms with Crippen molar-refractivity contribution in [3.8, 4) is 5.75 Å². The topological polar surface area (TPSA) is 64.3 Å². The van der Waals surface area contributed by atoms with Crippen LogP contribution in [0.5, 0.6) is 5.75 Å². The van der Waals surface area contributed by atoms with Crippen LogP contribution in [0.1, 0.15) is 21.5 Å². The van der Waals surface area contributed by atoms with Crippen LogP contribution >= 0.6 is 0 Å². The molecule has 4 heteroatoms. The second-order valence-electron chi connectivity index (χ2n) is 4.48. The van der Waals surface area contributed by atoms with Crippen LogP contribution < -0.4 is 15.8 Å². The summed E-state index contributed by atoms with van der Waals surface area (Å²) < 4.78 is 5.30. The quantitative estimate of drug-likeness (QED) is 0.844. The van der Waals surface area contributed by atoms with Crippen molar-refractivity contribution < 1.29 is 9.53 Å². The molecule has 104 valence electrons. The number of ether oxygens (including phenoxy) is 1. The van der Waals surface area contributed by atoms with E-state index in [1.54, 1.807) is 19.2 Å². The van der Waals surface area contributed by atoms with Crippen molar-refractivity contribution in [2.24, 2.45) is 5.73 Å². The van der Waals surface area contributed by atoms with E-state index in [1.807, 2.05) is 36.4 Å². The van der Waals surface area contributed by atoms with Crippen LogP contribution in [0.4, 0.5) is 0 Å². The SMILES string of the molecule is COc1ccccc1CNCc1ccc(C(N)=O)cc1. The van der Waals surface area contributed by atoms with Gasteiger partial charge in [-0.1, -0.05) is 30.3 Å². The number of para-hydroxylation sites is 1. The molecule has 20 heavy (non-hydrogen) atoms. The third-order valence-corrected chi connectivity index (χ3v) is 3.08. The molecular weight excluding hydrogens is 252 g/mol. The average Bonchev–Trinajstić information content (AvgIpc) is 2.48. The fourth-order valence-corrected chi connectivity index (χ4v) is 1.98. The van der Waals surface area contributed by atoms with Crippen LogP contribution in [0, 0.1) is 0 Å². The molecule has 0 unspecified atom stereocenters. The summed E-state index contributed by atoms with van der Waals surface area (Å²) in [6.45, 7) is 1.44. The Labute approximate surface area is 118 Å². The number of hydrogen-bond donors (Lipinski definition) is 2. The van der Waals surface area contributed by atoms with Gasteiger partial charge in [-0.25, -0.2) is 0 Å². The Morgan fingerprint density at radius 1 is 1.10 bits per heavy atom. The van der Waals surface area contributed by atoms with Crippen molar-refractivity contribution in [2.45, 2.75) is 13.1 Å². The number of carbonyl (C=O) groups excluding carboxylic acids is 1. The van der Waals surface area contributed by atoms with Crippen LogP contribution in [0.2, 0.25) is 0 Å². The molecule has 4 nitrogen and oxygen atoms in total. The molecule has 0 atom stereocenters. The van der Waals surface area contributed by atoms with Gasteiger partial charge < -0.3 is 15.8 Å². The van der Waals surface area contributed by atoms with Crippen LogP contribution in [0.15, 0.2) is 48.5 Å². The molecular formula is C16H18N2O2. The molecule has 0 radical (unpaired) electrons. The van der Waals surface area contributed by atoms with Gasteiger partial charge in [-0.05, 0) is 23.8 Å². The highest BCUT2D eigenvalue weighted by atomic mass is 16.5. The largest absolute Gasteiger partial charge is 0.496 e. The molecule has 0 aromatic heterocycles. The Bertz CT molecular complexity index is 579. The lowest BCUT2D eigenvalue weighted by Gasteiger charge is -2.09. The van der Waals surface area contributed by atoms with Crippen molar-refractivity contribution in [1.29, 1.82) is 0 Å². The molecule has 0 aliphatic heterocycles. The second-order valence-corrected chi connectivity index (χ2v) is 4.48. The van der Waals surface area contributed by atoms with E-state index < -0.39 is 5.91 Å². The van der Waals surface area contributed by atoms with Gasteiger partial charge in [0.15, 0.2) is 0 Å². The Balaban J connectivity index is 1.91. The zero-order valence-corrected chi connectivity index (χ0v) is 11.4. The molecule has 0 bridgehead atoms. The second kappa shape index (κ2) is 6.73. The van der Waals surface area contributed by atoms with Gasteiger partial charge in [-0.2, -0.15) is 0 Å². The van der Waals surface area contributed by atoms with Crippen molar-refractivity contribution >= 4 is 5.91 Å².